The topological polar surface area (TPSA) is 30.0 Å². The molecule has 0 spiro atoms. The fraction of sp³-hybridized carbons (Fsp3) is 0.375. The van der Waals surface area contributed by atoms with Crippen LogP contribution >= 0.6 is 31.9 Å². The molecular formula is C16H17Br2NO. The monoisotopic (exact) mass is 397 g/mol. The fourth-order valence-corrected chi connectivity index (χ4v) is 3.50. The highest BCUT2D eigenvalue weighted by molar-refractivity contribution is 9.10. The van der Waals surface area contributed by atoms with Crippen LogP contribution in [0.5, 0.6) is 0 Å². The van der Waals surface area contributed by atoms with Gasteiger partial charge in [0.05, 0.1) is 10.3 Å². The van der Waals surface area contributed by atoms with Gasteiger partial charge in [-0.15, -0.1) is 0 Å². The number of nitrogens with zero attached hydrogens (tertiary/aromatic N) is 1. The van der Waals surface area contributed by atoms with Crippen molar-refractivity contribution in [2.45, 2.75) is 32.0 Å². The number of ketones is 1. The molecule has 1 unspecified atom stereocenters. The largest absolute Gasteiger partial charge is 0.298 e. The summed E-state index contributed by atoms with van der Waals surface area (Å²) in [6, 6.07) is 8.12. The highest BCUT2D eigenvalue weighted by atomic mass is 79.9. The lowest BCUT2D eigenvalue weighted by molar-refractivity contribution is -0.125. The highest BCUT2D eigenvalue weighted by Crippen LogP contribution is 2.26. The molecule has 1 atom stereocenters. The summed E-state index contributed by atoms with van der Waals surface area (Å²) in [4.78, 5) is 16.6. The van der Waals surface area contributed by atoms with E-state index in [1.54, 1.807) is 6.20 Å². The van der Waals surface area contributed by atoms with Crippen molar-refractivity contribution in [3.8, 4) is 0 Å². The molecule has 0 saturated carbocycles. The minimum atomic E-state index is -0.338. The van der Waals surface area contributed by atoms with Crippen molar-refractivity contribution in [2.24, 2.45) is 5.41 Å². The number of pyridine rings is 1. The third-order valence-electron chi connectivity index (χ3n) is 3.18. The lowest BCUT2D eigenvalue weighted by atomic mass is 9.87. The molecule has 0 N–H and O–H groups in total. The Hall–Kier alpha value is -0.740. The first-order valence-electron chi connectivity index (χ1n) is 6.50. The Morgan fingerprint density at radius 3 is 2.70 bits per heavy atom. The molecule has 0 fully saturated rings. The first-order chi connectivity index (χ1) is 9.29. The van der Waals surface area contributed by atoms with E-state index in [-0.39, 0.29) is 16.0 Å². The van der Waals surface area contributed by atoms with Crippen molar-refractivity contribution >= 4 is 48.5 Å². The number of para-hydroxylation sites is 1. The zero-order valence-electron chi connectivity index (χ0n) is 11.8. The summed E-state index contributed by atoms with van der Waals surface area (Å²) in [5.41, 5.74) is 1.71. The van der Waals surface area contributed by atoms with Gasteiger partial charge < -0.3 is 0 Å². The van der Waals surface area contributed by atoms with Crippen molar-refractivity contribution in [3.63, 3.8) is 0 Å². The van der Waals surface area contributed by atoms with Crippen LogP contribution in [0.4, 0.5) is 0 Å². The van der Waals surface area contributed by atoms with Crippen LogP contribution in [0.25, 0.3) is 10.9 Å². The molecule has 0 aliphatic rings. The van der Waals surface area contributed by atoms with E-state index in [2.05, 4.69) is 36.8 Å². The molecule has 0 bridgehead atoms. The summed E-state index contributed by atoms with van der Waals surface area (Å²) in [6.45, 7) is 5.84. The summed E-state index contributed by atoms with van der Waals surface area (Å²) < 4.78 is 0.961. The van der Waals surface area contributed by atoms with E-state index in [0.717, 1.165) is 20.9 Å². The van der Waals surface area contributed by atoms with Crippen molar-refractivity contribution in [2.75, 3.05) is 0 Å². The van der Waals surface area contributed by atoms with Crippen LogP contribution in [0, 0.1) is 5.41 Å². The second kappa shape index (κ2) is 5.94. The van der Waals surface area contributed by atoms with Gasteiger partial charge >= 0.3 is 0 Å². The molecule has 0 aliphatic carbocycles. The van der Waals surface area contributed by atoms with Gasteiger partial charge in [-0.25, -0.2) is 0 Å². The Morgan fingerprint density at radius 2 is 2.05 bits per heavy atom. The fourth-order valence-electron chi connectivity index (χ4n) is 2.12. The Balaban J connectivity index is 2.33. The van der Waals surface area contributed by atoms with Crippen LogP contribution in [-0.4, -0.2) is 15.6 Å². The zero-order valence-corrected chi connectivity index (χ0v) is 15.0. The average molecular weight is 399 g/mol. The van der Waals surface area contributed by atoms with Crippen LogP contribution in [0.1, 0.15) is 26.3 Å². The summed E-state index contributed by atoms with van der Waals surface area (Å²) in [7, 11) is 0. The number of benzene rings is 1. The SMILES string of the molecule is CC(C)(C)C(=O)C(Br)Cc1cccc2cc(Br)cnc12. The summed E-state index contributed by atoms with van der Waals surface area (Å²) in [6.07, 6.45) is 2.45. The smallest absolute Gasteiger partial charge is 0.152 e. The maximum Gasteiger partial charge on any atom is 0.152 e. The molecule has 20 heavy (non-hydrogen) atoms. The number of Topliss-reactive ketones (excluding diaryl/α,β-unsaturated/α-hetero) is 1. The molecule has 1 aromatic heterocycles. The number of hydrogen-bond acceptors (Lipinski definition) is 2. The molecule has 4 heteroatoms. The number of halogens is 2. The number of fused-ring (bicyclic) bond motifs is 1. The molecule has 106 valence electrons. The number of hydrogen-bond donors (Lipinski definition) is 0. The van der Waals surface area contributed by atoms with Gasteiger partial charge in [-0.1, -0.05) is 54.9 Å². The van der Waals surface area contributed by atoms with Crippen molar-refractivity contribution in [3.05, 3.63) is 40.5 Å². The van der Waals surface area contributed by atoms with Crippen LogP contribution in [0.2, 0.25) is 0 Å². The molecule has 2 aromatic rings. The molecule has 0 aliphatic heterocycles. The normalized spacial score (nSPS) is 13.4. The van der Waals surface area contributed by atoms with Crippen LogP contribution in [0.3, 0.4) is 0 Å². The van der Waals surface area contributed by atoms with Crippen LogP contribution in [0.15, 0.2) is 34.9 Å². The molecule has 2 nitrogen and oxygen atoms in total. The Labute approximate surface area is 136 Å². The quantitative estimate of drug-likeness (QED) is 0.687. The maximum atomic E-state index is 12.3. The van der Waals surface area contributed by atoms with Gasteiger partial charge in [-0.2, -0.15) is 0 Å². The molecule has 1 aromatic carbocycles. The second-order valence-corrected chi connectivity index (χ2v) is 7.95. The van der Waals surface area contributed by atoms with Crippen molar-refractivity contribution in [1.82, 2.24) is 4.98 Å². The third kappa shape index (κ3) is 3.47. The van der Waals surface area contributed by atoms with E-state index in [1.807, 2.05) is 45.0 Å². The van der Waals surface area contributed by atoms with E-state index in [0.29, 0.717) is 6.42 Å². The maximum absolute atomic E-state index is 12.3. The number of aromatic nitrogens is 1. The van der Waals surface area contributed by atoms with Gasteiger partial charge in [0.2, 0.25) is 0 Å². The third-order valence-corrected chi connectivity index (χ3v) is 4.36. The van der Waals surface area contributed by atoms with Crippen LogP contribution in [-0.2, 0) is 11.2 Å². The molecular weight excluding hydrogens is 382 g/mol. The number of rotatable bonds is 3. The van der Waals surface area contributed by atoms with E-state index in [9.17, 15) is 4.79 Å². The van der Waals surface area contributed by atoms with Gasteiger partial charge in [0, 0.05) is 21.5 Å². The molecule has 0 amide bonds. The van der Waals surface area contributed by atoms with Crippen LogP contribution < -0.4 is 0 Å². The highest BCUT2D eigenvalue weighted by Gasteiger charge is 2.28. The Morgan fingerprint density at radius 1 is 1.35 bits per heavy atom. The van der Waals surface area contributed by atoms with Gasteiger partial charge in [0.25, 0.3) is 0 Å². The molecule has 2 rings (SSSR count). The summed E-state index contributed by atoms with van der Waals surface area (Å²) in [5.74, 6) is 0.214. The lowest BCUT2D eigenvalue weighted by Crippen LogP contribution is -2.30. The zero-order chi connectivity index (χ0) is 14.9. The predicted molar refractivity (Wildman–Crippen MR) is 90.3 cm³/mol. The summed E-state index contributed by atoms with van der Waals surface area (Å²) in [5, 5.41) is 1.08. The van der Waals surface area contributed by atoms with Crippen molar-refractivity contribution in [1.29, 1.82) is 0 Å². The number of carbonyl (C=O) groups is 1. The van der Waals surface area contributed by atoms with Gasteiger partial charge in [0.15, 0.2) is 5.78 Å². The van der Waals surface area contributed by atoms with E-state index in [1.165, 1.54) is 0 Å². The minimum absolute atomic E-state index is 0.182. The van der Waals surface area contributed by atoms with E-state index in [4.69, 9.17) is 0 Å². The first-order valence-corrected chi connectivity index (χ1v) is 8.21. The minimum Gasteiger partial charge on any atom is -0.298 e. The second-order valence-electron chi connectivity index (χ2n) is 5.93. The van der Waals surface area contributed by atoms with E-state index < -0.39 is 0 Å². The van der Waals surface area contributed by atoms with Gasteiger partial charge in [0.1, 0.15) is 0 Å². The Kier molecular flexibility index (Phi) is 4.65. The molecule has 0 radical (unpaired) electrons. The molecule has 1 heterocycles. The average Bonchev–Trinajstić information content (AvgIpc) is 2.36. The Bertz CT molecular complexity index is 646. The predicted octanol–water partition coefficient (Wildman–Crippen LogP) is 4.92. The van der Waals surface area contributed by atoms with Gasteiger partial charge in [-0.3, -0.25) is 9.78 Å². The molecule has 0 saturated heterocycles. The number of alkyl halides is 1. The van der Waals surface area contributed by atoms with E-state index >= 15 is 0 Å². The lowest BCUT2D eigenvalue weighted by Gasteiger charge is -2.21. The number of carbonyl (C=O) groups excluding carboxylic acids is 1. The standard InChI is InChI=1S/C16H17Br2NO/c1-16(2,3)15(20)13(18)8-11-6-4-5-10-7-12(17)9-19-14(10)11/h4-7,9,13H,8H2,1-3H3. The van der Waals surface area contributed by atoms with Gasteiger partial charge in [-0.05, 0) is 34.0 Å². The first kappa shape index (κ1) is 15.6. The summed E-state index contributed by atoms with van der Waals surface area (Å²) >= 11 is 6.96. The van der Waals surface area contributed by atoms with Crippen molar-refractivity contribution < 1.29 is 4.79 Å².